The fraction of sp³-hybridized carbons (Fsp3) is 0.389. The number of hydrogen-bond acceptors (Lipinski definition) is 5. The van der Waals surface area contributed by atoms with Crippen molar-refractivity contribution in [3.05, 3.63) is 42.1 Å². The molecule has 1 saturated heterocycles. The van der Waals surface area contributed by atoms with Crippen LogP contribution in [0.1, 0.15) is 23.3 Å². The quantitative estimate of drug-likeness (QED) is 0.852. The van der Waals surface area contributed by atoms with Gasteiger partial charge >= 0.3 is 0 Å². The Labute approximate surface area is 146 Å². The SMILES string of the molecule is NCCNC(=O)C1CCCN(C(=O)c2cc(-c3ccccc3)on2)C1. The molecule has 3 rings (SSSR count). The molecule has 7 heteroatoms. The van der Waals surface area contributed by atoms with E-state index >= 15 is 0 Å². The third-order valence-corrected chi connectivity index (χ3v) is 4.31. The summed E-state index contributed by atoms with van der Waals surface area (Å²) in [6, 6.07) is 11.1. The molecule has 1 aliphatic heterocycles. The molecule has 1 aromatic heterocycles. The number of nitrogens with one attached hydrogen (secondary N) is 1. The normalized spacial score (nSPS) is 17.3. The van der Waals surface area contributed by atoms with Gasteiger partial charge in [0, 0.05) is 37.8 Å². The van der Waals surface area contributed by atoms with Crippen LogP contribution in [-0.2, 0) is 4.79 Å². The summed E-state index contributed by atoms with van der Waals surface area (Å²) in [6.07, 6.45) is 1.56. The van der Waals surface area contributed by atoms with Crippen LogP contribution in [0.4, 0.5) is 0 Å². The second-order valence-electron chi connectivity index (χ2n) is 6.11. The van der Waals surface area contributed by atoms with Gasteiger partial charge in [-0.2, -0.15) is 0 Å². The lowest BCUT2D eigenvalue weighted by molar-refractivity contribution is -0.126. The number of carbonyl (C=O) groups is 2. The third-order valence-electron chi connectivity index (χ3n) is 4.31. The van der Waals surface area contributed by atoms with Crippen LogP contribution in [0, 0.1) is 5.92 Å². The molecule has 25 heavy (non-hydrogen) atoms. The molecule has 132 valence electrons. The number of carbonyl (C=O) groups excluding carboxylic acids is 2. The number of rotatable bonds is 5. The van der Waals surface area contributed by atoms with Crippen molar-refractivity contribution in [3.63, 3.8) is 0 Å². The highest BCUT2D eigenvalue weighted by atomic mass is 16.5. The monoisotopic (exact) mass is 342 g/mol. The number of benzene rings is 1. The number of aromatic nitrogens is 1. The van der Waals surface area contributed by atoms with E-state index in [1.807, 2.05) is 30.3 Å². The predicted octanol–water partition coefficient (Wildman–Crippen LogP) is 1.27. The Morgan fingerprint density at radius 3 is 2.88 bits per heavy atom. The van der Waals surface area contributed by atoms with E-state index in [0.29, 0.717) is 31.9 Å². The van der Waals surface area contributed by atoms with Crippen LogP contribution in [0.3, 0.4) is 0 Å². The van der Waals surface area contributed by atoms with Crippen molar-refractivity contribution in [1.29, 1.82) is 0 Å². The molecule has 1 aliphatic rings. The molecular weight excluding hydrogens is 320 g/mol. The van der Waals surface area contributed by atoms with Crippen LogP contribution < -0.4 is 11.1 Å². The number of piperidine rings is 1. The maximum Gasteiger partial charge on any atom is 0.276 e. The van der Waals surface area contributed by atoms with Gasteiger partial charge in [-0.25, -0.2) is 0 Å². The average molecular weight is 342 g/mol. The molecule has 1 atom stereocenters. The summed E-state index contributed by atoms with van der Waals surface area (Å²) in [5.41, 5.74) is 6.54. The minimum Gasteiger partial charge on any atom is -0.355 e. The standard InChI is InChI=1S/C18H22N4O3/c19-8-9-20-17(23)14-7-4-10-22(12-14)18(24)15-11-16(25-21-15)13-5-2-1-3-6-13/h1-3,5-6,11,14H,4,7-10,12,19H2,(H,20,23). The van der Waals surface area contributed by atoms with E-state index in [-0.39, 0.29) is 23.4 Å². The van der Waals surface area contributed by atoms with Crippen molar-refractivity contribution in [2.75, 3.05) is 26.2 Å². The van der Waals surface area contributed by atoms with Crippen molar-refractivity contribution in [2.24, 2.45) is 11.7 Å². The lowest BCUT2D eigenvalue weighted by Gasteiger charge is -2.31. The van der Waals surface area contributed by atoms with Gasteiger partial charge in [-0.05, 0) is 12.8 Å². The molecule has 2 aromatic rings. The molecule has 1 fully saturated rings. The van der Waals surface area contributed by atoms with E-state index in [1.165, 1.54) is 0 Å². The molecule has 2 amide bonds. The largest absolute Gasteiger partial charge is 0.355 e. The first-order chi connectivity index (χ1) is 12.2. The van der Waals surface area contributed by atoms with Crippen LogP contribution in [0.15, 0.2) is 40.9 Å². The summed E-state index contributed by atoms with van der Waals surface area (Å²) in [4.78, 5) is 26.5. The maximum atomic E-state index is 12.7. The summed E-state index contributed by atoms with van der Waals surface area (Å²) in [6.45, 7) is 1.87. The Kier molecular flexibility index (Phi) is 5.45. The molecule has 3 N–H and O–H groups in total. The van der Waals surface area contributed by atoms with E-state index in [4.69, 9.17) is 10.3 Å². The first kappa shape index (κ1) is 17.2. The second kappa shape index (κ2) is 7.94. The summed E-state index contributed by atoms with van der Waals surface area (Å²) < 4.78 is 5.30. The lowest BCUT2D eigenvalue weighted by Crippen LogP contribution is -2.46. The molecule has 0 bridgehead atoms. The Morgan fingerprint density at radius 2 is 2.12 bits per heavy atom. The van der Waals surface area contributed by atoms with E-state index in [1.54, 1.807) is 11.0 Å². The predicted molar refractivity (Wildman–Crippen MR) is 92.6 cm³/mol. The van der Waals surface area contributed by atoms with Gasteiger partial charge in [0.1, 0.15) is 0 Å². The minimum absolute atomic E-state index is 0.0481. The van der Waals surface area contributed by atoms with Crippen molar-refractivity contribution in [1.82, 2.24) is 15.4 Å². The Morgan fingerprint density at radius 1 is 1.32 bits per heavy atom. The van der Waals surface area contributed by atoms with Crippen LogP contribution in [-0.4, -0.2) is 48.0 Å². The van der Waals surface area contributed by atoms with E-state index in [0.717, 1.165) is 18.4 Å². The van der Waals surface area contributed by atoms with Gasteiger partial charge in [0.05, 0.1) is 5.92 Å². The number of hydrogen-bond donors (Lipinski definition) is 2. The molecule has 0 saturated carbocycles. The van der Waals surface area contributed by atoms with Crippen LogP contribution in [0.5, 0.6) is 0 Å². The Balaban J connectivity index is 1.66. The third kappa shape index (κ3) is 4.06. The number of nitrogens with two attached hydrogens (primary N) is 1. The Bertz CT molecular complexity index is 729. The number of amides is 2. The highest BCUT2D eigenvalue weighted by molar-refractivity contribution is 5.93. The van der Waals surface area contributed by atoms with Gasteiger partial charge in [0.25, 0.3) is 5.91 Å². The summed E-state index contributed by atoms with van der Waals surface area (Å²) in [5, 5.41) is 6.69. The van der Waals surface area contributed by atoms with Crippen molar-refractivity contribution in [2.45, 2.75) is 12.8 Å². The van der Waals surface area contributed by atoms with E-state index < -0.39 is 0 Å². The summed E-state index contributed by atoms with van der Waals surface area (Å²) in [7, 11) is 0. The minimum atomic E-state index is -0.206. The summed E-state index contributed by atoms with van der Waals surface area (Å²) >= 11 is 0. The fourth-order valence-electron chi connectivity index (χ4n) is 2.99. The summed E-state index contributed by atoms with van der Waals surface area (Å²) in [5.74, 6) is 0.0956. The van der Waals surface area contributed by atoms with Gasteiger partial charge in [-0.1, -0.05) is 35.5 Å². The van der Waals surface area contributed by atoms with Gasteiger partial charge < -0.3 is 20.5 Å². The van der Waals surface area contributed by atoms with Crippen LogP contribution >= 0.6 is 0 Å². The highest BCUT2D eigenvalue weighted by Crippen LogP contribution is 2.22. The molecule has 7 nitrogen and oxygen atoms in total. The van der Waals surface area contributed by atoms with Gasteiger partial charge in [-0.15, -0.1) is 0 Å². The maximum absolute atomic E-state index is 12.7. The molecule has 0 radical (unpaired) electrons. The van der Waals surface area contributed by atoms with Crippen molar-refractivity contribution < 1.29 is 14.1 Å². The molecule has 1 aromatic carbocycles. The zero-order valence-corrected chi connectivity index (χ0v) is 14.0. The molecule has 2 heterocycles. The number of nitrogens with zero attached hydrogens (tertiary/aromatic N) is 2. The zero-order chi connectivity index (χ0) is 17.6. The topological polar surface area (TPSA) is 101 Å². The van der Waals surface area contributed by atoms with Crippen LogP contribution in [0.25, 0.3) is 11.3 Å². The first-order valence-electron chi connectivity index (χ1n) is 8.48. The van der Waals surface area contributed by atoms with Gasteiger partial charge in [0.15, 0.2) is 11.5 Å². The average Bonchev–Trinajstić information content (AvgIpc) is 3.16. The van der Waals surface area contributed by atoms with E-state index in [9.17, 15) is 9.59 Å². The van der Waals surface area contributed by atoms with E-state index in [2.05, 4.69) is 10.5 Å². The smallest absolute Gasteiger partial charge is 0.276 e. The van der Waals surface area contributed by atoms with Gasteiger partial charge in [-0.3, -0.25) is 9.59 Å². The second-order valence-corrected chi connectivity index (χ2v) is 6.11. The lowest BCUT2D eigenvalue weighted by atomic mass is 9.97. The Hall–Kier alpha value is -2.67. The van der Waals surface area contributed by atoms with Crippen molar-refractivity contribution in [3.8, 4) is 11.3 Å². The molecule has 0 aliphatic carbocycles. The fourth-order valence-corrected chi connectivity index (χ4v) is 2.99. The molecule has 1 unspecified atom stereocenters. The van der Waals surface area contributed by atoms with Crippen molar-refractivity contribution >= 4 is 11.8 Å². The number of likely N-dealkylation sites (tertiary alicyclic amines) is 1. The molecule has 0 spiro atoms. The zero-order valence-electron chi connectivity index (χ0n) is 14.0. The molecular formula is C18H22N4O3. The van der Waals surface area contributed by atoms with Crippen LogP contribution in [0.2, 0.25) is 0 Å². The first-order valence-corrected chi connectivity index (χ1v) is 8.48. The highest BCUT2D eigenvalue weighted by Gasteiger charge is 2.30. The van der Waals surface area contributed by atoms with Gasteiger partial charge in [0.2, 0.25) is 5.91 Å².